The van der Waals surface area contributed by atoms with Gasteiger partial charge in [-0.25, -0.2) is 0 Å². The first kappa shape index (κ1) is 21.3. The number of hydrogen-bond acceptors (Lipinski definition) is 2. The summed E-state index contributed by atoms with van der Waals surface area (Å²) >= 11 is 12.3. The van der Waals surface area contributed by atoms with Gasteiger partial charge in [0.2, 0.25) is 0 Å². The molecule has 5 aromatic rings. The summed E-state index contributed by atoms with van der Waals surface area (Å²) in [5, 5.41) is 9.65. The second kappa shape index (κ2) is 8.77. The summed E-state index contributed by atoms with van der Waals surface area (Å²) in [5.41, 5.74) is 5.88. The fraction of sp³-hybridized carbons (Fsp3) is 0.0769. The highest BCUT2D eigenvalue weighted by molar-refractivity contribution is 6.31. The van der Waals surface area contributed by atoms with Crippen LogP contribution in [0.4, 0.5) is 0 Å². The van der Waals surface area contributed by atoms with Crippen molar-refractivity contribution in [2.24, 2.45) is 0 Å². The molecule has 0 fully saturated rings. The van der Waals surface area contributed by atoms with Gasteiger partial charge in [0.1, 0.15) is 5.69 Å². The van der Waals surface area contributed by atoms with Crippen LogP contribution in [0.5, 0.6) is 0 Å². The van der Waals surface area contributed by atoms with Crippen molar-refractivity contribution in [1.29, 1.82) is 0 Å². The van der Waals surface area contributed by atoms with Crippen molar-refractivity contribution < 1.29 is 4.79 Å². The number of halogens is 2. The molecule has 0 atom stereocenters. The first-order valence-electron chi connectivity index (χ1n) is 10.4. The molecule has 0 saturated carbocycles. The Morgan fingerprint density at radius 3 is 2.45 bits per heavy atom. The standard InChI is InChI=1S/C26H20Cl2N4O/c1-29-26(33)24-23(20-12-11-19(28)13-22(20)31-24)25-21(17-5-3-2-4-6-17)14-30-32(25)15-16-7-9-18(27)10-8-16/h2-14,31H,15H2,1H3,(H,29,33). The van der Waals surface area contributed by atoms with Crippen LogP contribution >= 0.6 is 23.2 Å². The molecular formula is C26H20Cl2N4O. The SMILES string of the molecule is CNC(=O)c1[nH]c2cc(Cl)ccc2c1-c1c(-c2ccccc2)cnn1Cc1ccc(Cl)cc1. The quantitative estimate of drug-likeness (QED) is 0.309. The van der Waals surface area contributed by atoms with E-state index in [0.29, 0.717) is 22.3 Å². The molecule has 0 saturated heterocycles. The molecule has 5 nitrogen and oxygen atoms in total. The Bertz CT molecular complexity index is 1450. The van der Waals surface area contributed by atoms with E-state index in [2.05, 4.69) is 10.3 Å². The van der Waals surface area contributed by atoms with Crippen molar-refractivity contribution in [2.75, 3.05) is 7.05 Å². The van der Waals surface area contributed by atoms with Crippen LogP contribution in [0.3, 0.4) is 0 Å². The molecule has 0 aliphatic carbocycles. The van der Waals surface area contributed by atoms with Gasteiger partial charge in [-0.2, -0.15) is 5.10 Å². The summed E-state index contributed by atoms with van der Waals surface area (Å²) in [6.07, 6.45) is 1.85. The number of hydrogen-bond donors (Lipinski definition) is 2. The van der Waals surface area contributed by atoms with Crippen molar-refractivity contribution in [3.05, 3.63) is 100 Å². The maximum atomic E-state index is 12.9. The number of fused-ring (bicyclic) bond motifs is 1. The van der Waals surface area contributed by atoms with Crippen LogP contribution in [-0.4, -0.2) is 27.7 Å². The van der Waals surface area contributed by atoms with E-state index in [9.17, 15) is 4.79 Å². The van der Waals surface area contributed by atoms with Crippen LogP contribution in [0.25, 0.3) is 33.3 Å². The van der Waals surface area contributed by atoms with Gasteiger partial charge in [-0.15, -0.1) is 0 Å². The van der Waals surface area contributed by atoms with Crippen molar-refractivity contribution in [3.63, 3.8) is 0 Å². The molecule has 2 heterocycles. The van der Waals surface area contributed by atoms with Gasteiger partial charge in [0.05, 0.1) is 18.4 Å². The van der Waals surface area contributed by atoms with Gasteiger partial charge in [-0.05, 0) is 35.4 Å². The summed E-state index contributed by atoms with van der Waals surface area (Å²) in [7, 11) is 1.62. The third kappa shape index (κ3) is 4.01. The number of nitrogens with one attached hydrogen (secondary N) is 2. The lowest BCUT2D eigenvalue weighted by Crippen LogP contribution is -2.19. The van der Waals surface area contributed by atoms with E-state index in [1.807, 2.05) is 83.7 Å². The minimum atomic E-state index is -0.212. The molecule has 0 aliphatic heterocycles. The zero-order valence-electron chi connectivity index (χ0n) is 17.8. The van der Waals surface area contributed by atoms with Gasteiger partial charge < -0.3 is 10.3 Å². The summed E-state index contributed by atoms with van der Waals surface area (Å²) in [6, 6.07) is 23.3. The molecule has 2 N–H and O–H groups in total. The molecule has 3 aromatic carbocycles. The number of H-pyrrole nitrogens is 1. The minimum Gasteiger partial charge on any atom is -0.354 e. The molecule has 164 valence electrons. The lowest BCUT2D eigenvalue weighted by Gasteiger charge is -2.12. The van der Waals surface area contributed by atoms with E-state index in [-0.39, 0.29) is 5.91 Å². The topological polar surface area (TPSA) is 62.7 Å². The molecule has 0 aliphatic rings. The Labute approximate surface area is 201 Å². The average Bonchev–Trinajstić information content (AvgIpc) is 3.41. The summed E-state index contributed by atoms with van der Waals surface area (Å²) in [5.74, 6) is -0.212. The number of amides is 1. The predicted molar refractivity (Wildman–Crippen MR) is 134 cm³/mol. The minimum absolute atomic E-state index is 0.212. The zero-order chi connectivity index (χ0) is 22.9. The Hall–Kier alpha value is -3.54. The molecule has 1 amide bonds. The van der Waals surface area contributed by atoms with Crippen LogP contribution in [0, 0.1) is 0 Å². The third-order valence-corrected chi connectivity index (χ3v) is 6.11. The summed E-state index contributed by atoms with van der Waals surface area (Å²) in [4.78, 5) is 16.2. The number of aromatic amines is 1. The highest BCUT2D eigenvalue weighted by Gasteiger charge is 2.25. The summed E-state index contributed by atoms with van der Waals surface area (Å²) < 4.78 is 1.93. The van der Waals surface area contributed by atoms with Gasteiger partial charge >= 0.3 is 0 Å². The zero-order valence-corrected chi connectivity index (χ0v) is 19.3. The van der Waals surface area contributed by atoms with Crippen molar-refractivity contribution in [1.82, 2.24) is 20.1 Å². The molecule has 0 radical (unpaired) electrons. The Kier molecular flexibility index (Phi) is 5.67. The highest BCUT2D eigenvalue weighted by Crippen LogP contribution is 2.39. The van der Waals surface area contributed by atoms with Crippen LogP contribution in [0.1, 0.15) is 16.1 Å². The van der Waals surface area contributed by atoms with Crippen molar-refractivity contribution in [2.45, 2.75) is 6.54 Å². The first-order valence-corrected chi connectivity index (χ1v) is 11.2. The van der Waals surface area contributed by atoms with Crippen molar-refractivity contribution in [3.8, 4) is 22.4 Å². The van der Waals surface area contributed by atoms with Gasteiger partial charge in [-0.1, -0.05) is 71.7 Å². The molecule has 2 aromatic heterocycles. The monoisotopic (exact) mass is 474 g/mol. The first-order chi connectivity index (χ1) is 16.0. The van der Waals surface area contributed by atoms with Crippen LogP contribution in [-0.2, 0) is 6.54 Å². The number of carbonyl (C=O) groups excluding carboxylic acids is 1. The van der Waals surface area contributed by atoms with Gasteiger partial charge in [0.25, 0.3) is 5.91 Å². The fourth-order valence-electron chi connectivity index (χ4n) is 4.07. The molecule has 33 heavy (non-hydrogen) atoms. The lowest BCUT2D eigenvalue weighted by atomic mass is 9.98. The maximum Gasteiger partial charge on any atom is 0.268 e. The van der Waals surface area contributed by atoms with E-state index in [1.165, 1.54) is 0 Å². The maximum absolute atomic E-state index is 12.9. The van der Waals surface area contributed by atoms with Crippen LogP contribution < -0.4 is 5.32 Å². The Balaban J connectivity index is 1.79. The van der Waals surface area contributed by atoms with Gasteiger partial charge in [-0.3, -0.25) is 9.48 Å². The number of benzene rings is 3. The largest absolute Gasteiger partial charge is 0.354 e. The molecule has 0 spiro atoms. The van der Waals surface area contributed by atoms with Gasteiger partial charge in [0.15, 0.2) is 0 Å². The summed E-state index contributed by atoms with van der Waals surface area (Å²) in [6.45, 7) is 0.521. The average molecular weight is 475 g/mol. The second-order valence-electron chi connectivity index (χ2n) is 7.70. The van der Waals surface area contributed by atoms with Crippen LogP contribution in [0.15, 0.2) is 79.0 Å². The molecule has 0 bridgehead atoms. The molecular weight excluding hydrogens is 455 g/mol. The van der Waals surface area contributed by atoms with E-state index in [0.717, 1.165) is 38.9 Å². The number of aromatic nitrogens is 3. The van der Waals surface area contributed by atoms with Gasteiger partial charge in [0, 0.05) is 39.1 Å². The Morgan fingerprint density at radius 1 is 1.00 bits per heavy atom. The second-order valence-corrected chi connectivity index (χ2v) is 8.57. The normalized spacial score (nSPS) is 11.1. The number of rotatable bonds is 5. The van der Waals surface area contributed by atoms with Crippen LogP contribution in [0.2, 0.25) is 10.0 Å². The fourth-order valence-corrected chi connectivity index (χ4v) is 4.37. The highest BCUT2D eigenvalue weighted by atomic mass is 35.5. The van der Waals surface area contributed by atoms with E-state index < -0.39 is 0 Å². The van der Waals surface area contributed by atoms with E-state index in [1.54, 1.807) is 7.05 Å². The van der Waals surface area contributed by atoms with Crippen molar-refractivity contribution >= 4 is 40.0 Å². The molecule has 5 rings (SSSR count). The lowest BCUT2D eigenvalue weighted by molar-refractivity contribution is 0.0959. The molecule has 7 heteroatoms. The Morgan fingerprint density at radius 2 is 1.73 bits per heavy atom. The predicted octanol–water partition coefficient (Wildman–Crippen LogP) is 6.41. The molecule has 0 unspecified atom stereocenters. The number of carbonyl (C=O) groups is 1. The van der Waals surface area contributed by atoms with E-state index in [4.69, 9.17) is 28.3 Å². The van der Waals surface area contributed by atoms with E-state index >= 15 is 0 Å². The third-order valence-electron chi connectivity index (χ3n) is 5.62. The number of nitrogens with zero attached hydrogens (tertiary/aromatic N) is 2. The smallest absolute Gasteiger partial charge is 0.268 e.